The average molecular weight is 277 g/mol. The second kappa shape index (κ2) is 5.94. The summed E-state index contributed by atoms with van der Waals surface area (Å²) in [5.41, 5.74) is 0.571. The lowest BCUT2D eigenvalue weighted by atomic mass is 9.99. The second-order valence-electron chi connectivity index (χ2n) is 5.05. The molecule has 2 unspecified atom stereocenters. The minimum absolute atomic E-state index is 0.0813. The number of carbonyl (C=O) groups excluding carboxylic acids is 2. The van der Waals surface area contributed by atoms with Crippen LogP contribution < -0.4 is 4.74 Å². The standard InChI is InChI=1S/C15H19NO4/c1-10-8-16(9-13(10)15(18)20-3)14(17)11-5-4-6-12(7-11)19-2/h4-7,10,13H,8-9H2,1-3H3. The van der Waals surface area contributed by atoms with Gasteiger partial charge in [-0.15, -0.1) is 0 Å². The molecule has 1 fully saturated rings. The zero-order chi connectivity index (χ0) is 14.7. The fourth-order valence-corrected chi connectivity index (χ4v) is 2.53. The van der Waals surface area contributed by atoms with Crippen LogP contribution >= 0.6 is 0 Å². The van der Waals surface area contributed by atoms with Crippen LogP contribution in [0.4, 0.5) is 0 Å². The van der Waals surface area contributed by atoms with E-state index in [9.17, 15) is 9.59 Å². The summed E-state index contributed by atoms with van der Waals surface area (Å²) in [6.45, 7) is 2.93. The summed E-state index contributed by atoms with van der Waals surface area (Å²) in [6.07, 6.45) is 0. The molecule has 0 aliphatic carbocycles. The molecule has 1 aromatic rings. The third-order valence-corrected chi connectivity index (χ3v) is 3.72. The van der Waals surface area contributed by atoms with Crippen LogP contribution in [-0.2, 0) is 9.53 Å². The van der Waals surface area contributed by atoms with Crippen molar-refractivity contribution in [3.8, 4) is 5.75 Å². The van der Waals surface area contributed by atoms with Gasteiger partial charge < -0.3 is 14.4 Å². The molecule has 1 aliphatic rings. The predicted octanol–water partition coefficient (Wildman–Crippen LogP) is 1.58. The number of methoxy groups -OCH3 is 2. The van der Waals surface area contributed by atoms with Gasteiger partial charge in [0.2, 0.25) is 0 Å². The Morgan fingerprint density at radius 1 is 1.25 bits per heavy atom. The van der Waals surface area contributed by atoms with E-state index >= 15 is 0 Å². The highest BCUT2D eigenvalue weighted by atomic mass is 16.5. The van der Waals surface area contributed by atoms with Crippen molar-refractivity contribution in [3.05, 3.63) is 29.8 Å². The zero-order valence-corrected chi connectivity index (χ0v) is 12.0. The van der Waals surface area contributed by atoms with Crippen molar-refractivity contribution in [2.45, 2.75) is 6.92 Å². The summed E-state index contributed by atoms with van der Waals surface area (Å²) >= 11 is 0. The molecule has 2 rings (SSSR count). The lowest BCUT2D eigenvalue weighted by molar-refractivity contribution is -0.146. The van der Waals surface area contributed by atoms with E-state index in [1.165, 1.54) is 7.11 Å². The number of likely N-dealkylation sites (tertiary alicyclic amines) is 1. The quantitative estimate of drug-likeness (QED) is 0.787. The van der Waals surface area contributed by atoms with Crippen LogP contribution in [0.2, 0.25) is 0 Å². The first-order chi connectivity index (χ1) is 9.56. The highest BCUT2D eigenvalue weighted by Crippen LogP contribution is 2.26. The minimum atomic E-state index is -0.251. The number of amides is 1. The summed E-state index contributed by atoms with van der Waals surface area (Å²) in [5, 5.41) is 0. The van der Waals surface area contributed by atoms with Crippen LogP contribution in [0.1, 0.15) is 17.3 Å². The maximum absolute atomic E-state index is 12.4. The first-order valence-electron chi connectivity index (χ1n) is 6.58. The molecule has 1 amide bonds. The second-order valence-corrected chi connectivity index (χ2v) is 5.05. The highest BCUT2D eigenvalue weighted by molar-refractivity contribution is 5.95. The Morgan fingerprint density at radius 3 is 2.65 bits per heavy atom. The summed E-state index contributed by atoms with van der Waals surface area (Å²) < 4.78 is 9.90. The van der Waals surface area contributed by atoms with Gasteiger partial charge in [0.25, 0.3) is 5.91 Å². The average Bonchev–Trinajstić information content (AvgIpc) is 2.87. The molecule has 5 nitrogen and oxygen atoms in total. The Bertz CT molecular complexity index is 514. The van der Waals surface area contributed by atoms with Crippen molar-refractivity contribution < 1.29 is 19.1 Å². The number of carbonyl (C=O) groups is 2. The molecule has 1 saturated heterocycles. The number of nitrogens with zero attached hydrogens (tertiary/aromatic N) is 1. The maximum atomic E-state index is 12.4. The van der Waals surface area contributed by atoms with E-state index in [0.29, 0.717) is 24.4 Å². The minimum Gasteiger partial charge on any atom is -0.497 e. The number of benzene rings is 1. The van der Waals surface area contributed by atoms with E-state index in [0.717, 1.165) is 0 Å². The molecule has 1 aromatic carbocycles. The van der Waals surface area contributed by atoms with Gasteiger partial charge >= 0.3 is 5.97 Å². The number of rotatable bonds is 3. The summed E-state index contributed by atoms with van der Waals surface area (Å²) in [7, 11) is 2.94. The third-order valence-electron chi connectivity index (χ3n) is 3.72. The van der Waals surface area contributed by atoms with E-state index in [1.807, 2.05) is 6.92 Å². The Labute approximate surface area is 118 Å². The van der Waals surface area contributed by atoms with Crippen molar-refractivity contribution in [1.29, 1.82) is 0 Å². The summed E-state index contributed by atoms with van der Waals surface area (Å²) in [6, 6.07) is 7.03. The van der Waals surface area contributed by atoms with E-state index in [-0.39, 0.29) is 23.7 Å². The topological polar surface area (TPSA) is 55.8 Å². The van der Waals surface area contributed by atoms with Crippen LogP contribution in [0.3, 0.4) is 0 Å². The Kier molecular flexibility index (Phi) is 4.27. The molecular weight excluding hydrogens is 258 g/mol. The van der Waals surface area contributed by atoms with Crippen molar-refractivity contribution >= 4 is 11.9 Å². The lowest BCUT2D eigenvalue weighted by Gasteiger charge is -2.16. The van der Waals surface area contributed by atoms with Crippen molar-refractivity contribution in [2.75, 3.05) is 27.3 Å². The molecule has 1 aliphatic heterocycles. The normalized spacial score (nSPS) is 21.6. The molecule has 0 spiro atoms. The van der Waals surface area contributed by atoms with Crippen molar-refractivity contribution in [3.63, 3.8) is 0 Å². The maximum Gasteiger partial charge on any atom is 0.310 e. The summed E-state index contributed by atoms with van der Waals surface area (Å²) in [5.74, 6) is 0.180. The smallest absolute Gasteiger partial charge is 0.310 e. The van der Waals surface area contributed by atoms with Gasteiger partial charge in [-0.2, -0.15) is 0 Å². The number of hydrogen-bond donors (Lipinski definition) is 0. The van der Waals surface area contributed by atoms with Gasteiger partial charge in [-0.3, -0.25) is 9.59 Å². The molecule has 5 heteroatoms. The number of esters is 1. The molecule has 2 atom stereocenters. The van der Waals surface area contributed by atoms with Crippen molar-refractivity contribution in [1.82, 2.24) is 4.90 Å². The lowest BCUT2D eigenvalue weighted by Crippen LogP contribution is -2.30. The van der Waals surface area contributed by atoms with Crippen LogP contribution in [0.25, 0.3) is 0 Å². The monoisotopic (exact) mass is 277 g/mol. The molecule has 20 heavy (non-hydrogen) atoms. The summed E-state index contributed by atoms with van der Waals surface area (Å²) in [4.78, 5) is 25.8. The van der Waals surface area contributed by atoms with Crippen LogP contribution in [0.5, 0.6) is 5.75 Å². The van der Waals surface area contributed by atoms with Gasteiger partial charge in [0.15, 0.2) is 0 Å². The third kappa shape index (κ3) is 2.76. The Morgan fingerprint density at radius 2 is 2.00 bits per heavy atom. The first kappa shape index (κ1) is 14.4. The van der Waals surface area contributed by atoms with Crippen LogP contribution in [0.15, 0.2) is 24.3 Å². The van der Waals surface area contributed by atoms with Gasteiger partial charge in [0.05, 0.1) is 20.1 Å². The Hall–Kier alpha value is -2.04. The predicted molar refractivity (Wildman–Crippen MR) is 73.6 cm³/mol. The van der Waals surface area contributed by atoms with Crippen molar-refractivity contribution in [2.24, 2.45) is 11.8 Å². The molecule has 0 N–H and O–H groups in total. The van der Waals surface area contributed by atoms with Gasteiger partial charge in [-0.1, -0.05) is 13.0 Å². The fourth-order valence-electron chi connectivity index (χ4n) is 2.53. The SMILES string of the molecule is COC(=O)C1CN(C(=O)c2cccc(OC)c2)CC1C. The van der Waals surface area contributed by atoms with E-state index in [1.54, 1.807) is 36.3 Å². The van der Waals surface area contributed by atoms with E-state index in [2.05, 4.69) is 0 Å². The van der Waals surface area contributed by atoms with Gasteiger partial charge in [0.1, 0.15) is 5.75 Å². The molecule has 0 radical (unpaired) electrons. The first-order valence-corrected chi connectivity index (χ1v) is 6.58. The molecule has 0 bridgehead atoms. The number of hydrogen-bond acceptors (Lipinski definition) is 4. The van der Waals surface area contributed by atoms with Gasteiger partial charge in [-0.05, 0) is 24.1 Å². The highest BCUT2D eigenvalue weighted by Gasteiger charge is 2.37. The molecule has 0 saturated carbocycles. The fraction of sp³-hybridized carbons (Fsp3) is 0.467. The number of ether oxygens (including phenoxy) is 2. The molecule has 0 aromatic heterocycles. The molecule has 108 valence electrons. The van der Waals surface area contributed by atoms with Crippen LogP contribution in [0, 0.1) is 11.8 Å². The van der Waals surface area contributed by atoms with Crippen LogP contribution in [-0.4, -0.2) is 44.1 Å². The van der Waals surface area contributed by atoms with Gasteiger partial charge in [-0.25, -0.2) is 0 Å². The largest absolute Gasteiger partial charge is 0.497 e. The molecule has 1 heterocycles. The molecular formula is C15H19NO4. The Balaban J connectivity index is 2.12. The zero-order valence-electron chi connectivity index (χ0n) is 12.0. The van der Waals surface area contributed by atoms with E-state index in [4.69, 9.17) is 9.47 Å². The van der Waals surface area contributed by atoms with E-state index < -0.39 is 0 Å². The van der Waals surface area contributed by atoms with Gasteiger partial charge in [0, 0.05) is 18.7 Å².